The number of nitrogens with one attached hydrogen (secondary N) is 2. The minimum atomic E-state index is -0.360. The van der Waals surface area contributed by atoms with E-state index in [1.807, 2.05) is 34.9 Å². The molecule has 3 rings (SSSR count). The molecule has 0 bridgehead atoms. The van der Waals surface area contributed by atoms with E-state index in [0.717, 1.165) is 16.2 Å². The number of thioether (sulfide) groups is 1. The SMILES string of the molecule is COCCn1c(SCC(=O)NNC(=O)c2ccccc2)nc2ccccc21. The predicted octanol–water partition coefficient (Wildman–Crippen LogP) is 2.24. The largest absolute Gasteiger partial charge is 0.383 e. The standard InChI is InChI=1S/C19H20N4O3S/c1-26-12-11-23-16-10-6-5-9-15(16)20-19(23)27-13-17(24)21-22-18(25)14-7-3-2-4-8-14/h2-10H,11-13H2,1H3,(H,21,24)(H,22,25). The summed E-state index contributed by atoms with van der Waals surface area (Å²) in [5.41, 5.74) is 7.18. The summed E-state index contributed by atoms with van der Waals surface area (Å²) in [6.07, 6.45) is 0. The number of benzene rings is 2. The molecule has 8 heteroatoms. The van der Waals surface area contributed by atoms with Crippen molar-refractivity contribution in [2.24, 2.45) is 0 Å². The average molecular weight is 384 g/mol. The van der Waals surface area contributed by atoms with Gasteiger partial charge in [0.15, 0.2) is 5.16 Å². The average Bonchev–Trinajstić information content (AvgIpc) is 3.07. The van der Waals surface area contributed by atoms with Crippen LogP contribution < -0.4 is 10.9 Å². The van der Waals surface area contributed by atoms with E-state index in [0.29, 0.717) is 18.7 Å². The van der Waals surface area contributed by atoms with Crippen molar-refractivity contribution in [1.29, 1.82) is 0 Å². The third-order valence-corrected chi connectivity index (χ3v) is 4.80. The number of carbonyl (C=O) groups is 2. The molecule has 0 saturated heterocycles. The number of ether oxygens (including phenoxy) is 1. The molecule has 140 valence electrons. The van der Waals surface area contributed by atoms with E-state index in [9.17, 15) is 9.59 Å². The smallest absolute Gasteiger partial charge is 0.269 e. The fourth-order valence-corrected chi connectivity index (χ4v) is 3.36. The van der Waals surface area contributed by atoms with Crippen LogP contribution in [0.2, 0.25) is 0 Å². The Labute approximate surface area is 161 Å². The highest BCUT2D eigenvalue weighted by molar-refractivity contribution is 7.99. The normalized spacial score (nSPS) is 10.7. The molecule has 0 fully saturated rings. The molecular formula is C19H20N4O3S. The molecule has 27 heavy (non-hydrogen) atoms. The minimum Gasteiger partial charge on any atom is -0.383 e. The van der Waals surface area contributed by atoms with Crippen LogP contribution in [-0.4, -0.2) is 40.8 Å². The number of amides is 2. The van der Waals surface area contributed by atoms with Crippen LogP contribution in [0, 0.1) is 0 Å². The quantitative estimate of drug-likeness (QED) is 0.482. The van der Waals surface area contributed by atoms with Gasteiger partial charge in [-0.25, -0.2) is 4.98 Å². The number of hydrogen-bond donors (Lipinski definition) is 2. The Hall–Kier alpha value is -2.84. The maximum atomic E-state index is 12.1. The van der Waals surface area contributed by atoms with Crippen LogP contribution in [0.15, 0.2) is 59.8 Å². The zero-order valence-electron chi connectivity index (χ0n) is 14.8. The van der Waals surface area contributed by atoms with Crippen LogP contribution in [-0.2, 0) is 16.1 Å². The molecule has 0 aliphatic heterocycles. The Balaban J connectivity index is 1.59. The van der Waals surface area contributed by atoms with Crippen LogP contribution >= 0.6 is 11.8 Å². The van der Waals surface area contributed by atoms with Crippen LogP contribution in [0.5, 0.6) is 0 Å². The van der Waals surface area contributed by atoms with Gasteiger partial charge in [0, 0.05) is 19.2 Å². The molecule has 7 nitrogen and oxygen atoms in total. The molecule has 3 aromatic rings. The van der Waals surface area contributed by atoms with E-state index in [2.05, 4.69) is 15.8 Å². The summed E-state index contributed by atoms with van der Waals surface area (Å²) in [5.74, 6) is -0.540. The van der Waals surface area contributed by atoms with Crippen molar-refractivity contribution in [2.45, 2.75) is 11.7 Å². The van der Waals surface area contributed by atoms with E-state index in [-0.39, 0.29) is 17.6 Å². The molecular weight excluding hydrogens is 364 g/mol. The lowest BCUT2D eigenvalue weighted by molar-refractivity contribution is -0.119. The summed E-state index contributed by atoms with van der Waals surface area (Å²) in [4.78, 5) is 28.6. The number of carbonyl (C=O) groups excluding carboxylic acids is 2. The third-order valence-electron chi connectivity index (χ3n) is 3.82. The second-order valence-corrected chi connectivity index (χ2v) is 6.63. The van der Waals surface area contributed by atoms with Crippen LogP contribution in [0.3, 0.4) is 0 Å². The van der Waals surface area contributed by atoms with Gasteiger partial charge in [-0.15, -0.1) is 0 Å². The van der Waals surface area contributed by atoms with E-state index in [1.165, 1.54) is 11.8 Å². The van der Waals surface area contributed by atoms with Crippen molar-refractivity contribution in [3.8, 4) is 0 Å². The minimum absolute atomic E-state index is 0.130. The van der Waals surface area contributed by atoms with Gasteiger partial charge in [-0.2, -0.15) is 0 Å². The lowest BCUT2D eigenvalue weighted by atomic mass is 10.2. The predicted molar refractivity (Wildman–Crippen MR) is 104 cm³/mol. The van der Waals surface area contributed by atoms with Crippen molar-refractivity contribution < 1.29 is 14.3 Å². The Kier molecular flexibility index (Phi) is 6.45. The molecule has 0 atom stereocenters. The number of rotatable bonds is 7. The highest BCUT2D eigenvalue weighted by Crippen LogP contribution is 2.23. The Morgan fingerprint density at radius 3 is 2.59 bits per heavy atom. The van der Waals surface area contributed by atoms with E-state index >= 15 is 0 Å². The highest BCUT2D eigenvalue weighted by Gasteiger charge is 2.13. The van der Waals surface area contributed by atoms with Gasteiger partial charge in [0.25, 0.3) is 5.91 Å². The summed E-state index contributed by atoms with van der Waals surface area (Å²) < 4.78 is 7.19. The first-order chi connectivity index (χ1) is 13.2. The first-order valence-corrected chi connectivity index (χ1v) is 9.39. The topological polar surface area (TPSA) is 85.2 Å². The zero-order valence-corrected chi connectivity index (χ0v) is 15.7. The molecule has 1 heterocycles. The van der Waals surface area contributed by atoms with Crippen LogP contribution in [0.1, 0.15) is 10.4 Å². The molecule has 0 spiro atoms. The van der Waals surface area contributed by atoms with Crippen molar-refractivity contribution in [1.82, 2.24) is 20.4 Å². The number of methoxy groups -OCH3 is 1. The first kappa shape index (κ1) is 18.9. The van der Waals surface area contributed by atoms with E-state index < -0.39 is 0 Å². The maximum absolute atomic E-state index is 12.1. The van der Waals surface area contributed by atoms with E-state index in [4.69, 9.17) is 4.74 Å². The number of fused-ring (bicyclic) bond motifs is 1. The molecule has 0 aliphatic carbocycles. The van der Waals surface area contributed by atoms with Crippen LogP contribution in [0.4, 0.5) is 0 Å². The van der Waals surface area contributed by atoms with Gasteiger partial charge in [0.2, 0.25) is 5.91 Å². The lowest BCUT2D eigenvalue weighted by Crippen LogP contribution is -2.42. The fourth-order valence-electron chi connectivity index (χ4n) is 2.52. The van der Waals surface area contributed by atoms with Gasteiger partial charge in [-0.05, 0) is 24.3 Å². The molecule has 2 N–H and O–H groups in total. The number of nitrogens with zero attached hydrogens (tertiary/aromatic N) is 2. The van der Waals surface area contributed by atoms with E-state index in [1.54, 1.807) is 31.4 Å². The summed E-state index contributed by atoms with van der Waals surface area (Å²) in [7, 11) is 1.65. The van der Waals surface area contributed by atoms with Crippen molar-refractivity contribution >= 4 is 34.6 Å². The fraction of sp³-hybridized carbons (Fsp3) is 0.211. The summed E-state index contributed by atoms with van der Waals surface area (Å²) in [5, 5.41) is 0.734. The Morgan fingerprint density at radius 1 is 1.07 bits per heavy atom. The highest BCUT2D eigenvalue weighted by atomic mass is 32.2. The van der Waals surface area contributed by atoms with Gasteiger partial charge >= 0.3 is 0 Å². The second kappa shape index (κ2) is 9.20. The molecule has 0 aliphatic rings. The van der Waals surface area contributed by atoms with Crippen molar-refractivity contribution in [3.63, 3.8) is 0 Å². The first-order valence-electron chi connectivity index (χ1n) is 8.40. The van der Waals surface area contributed by atoms with Gasteiger partial charge in [-0.1, -0.05) is 42.1 Å². The number of hydrazine groups is 1. The second-order valence-electron chi connectivity index (χ2n) is 5.68. The number of hydrogen-bond acceptors (Lipinski definition) is 5. The molecule has 1 aromatic heterocycles. The van der Waals surface area contributed by atoms with Crippen molar-refractivity contribution in [2.75, 3.05) is 19.5 Å². The Morgan fingerprint density at radius 2 is 1.81 bits per heavy atom. The number of imidazole rings is 1. The van der Waals surface area contributed by atoms with Crippen LogP contribution in [0.25, 0.3) is 11.0 Å². The summed E-state index contributed by atoms with van der Waals surface area (Å²) >= 11 is 1.31. The van der Waals surface area contributed by atoms with Gasteiger partial charge in [0.1, 0.15) is 0 Å². The molecule has 2 amide bonds. The molecule has 0 unspecified atom stereocenters. The molecule has 2 aromatic carbocycles. The van der Waals surface area contributed by atoms with Gasteiger partial charge < -0.3 is 9.30 Å². The zero-order chi connectivity index (χ0) is 19.1. The molecule has 0 radical (unpaired) electrons. The van der Waals surface area contributed by atoms with Gasteiger partial charge in [0.05, 0.1) is 23.4 Å². The number of aromatic nitrogens is 2. The number of para-hydroxylation sites is 2. The Bertz CT molecular complexity index is 927. The summed E-state index contributed by atoms with van der Waals surface area (Å²) in [6.45, 7) is 1.19. The maximum Gasteiger partial charge on any atom is 0.269 e. The van der Waals surface area contributed by atoms with Gasteiger partial charge in [-0.3, -0.25) is 20.4 Å². The van der Waals surface area contributed by atoms with Crippen molar-refractivity contribution in [3.05, 3.63) is 60.2 Å². The third kappa shape index (κ3) is 4.87. The monoisotopic (exact) mass is 384 g/mol. The lowest BCUT2D eigenvalue weighted by Gasteiger charge is -2.09. The summed E-state index contributed by atoms with van der Waals surface area (Å²) in [6, 6.07) is 16.5. The molecule has 0 saturated carbocycles.